The van der Waals surface area contributed by atoms with Gasteiger partial charge in [0.1, 0.15) is 5.25 Å². The van der Waals surface area contributed by atoms with E-state index in [4.69, 9.17) is 34.8 Å². The van der Waals surface area contributed by atoms with Crippen molar-refractivity contribution in [2.24, 2.45) is 0 Å². The van der Waals surface area contributed by atoms with Gasteiger partial charge in [-0.25, -0.2) is 8.42 Å². The number of pyridine rings is 1. The molecule has 0 fully saturated rings. The van der Waals surface area contributed by atoms with Crippen LogP contribution in [0.2, 0.25) is 15.1 Å². The average molecular weight is 496 g/mol. The molecule has 2 aromatic carbocycles. The molecule has 3 rings (SSSR count). The van der Waals surface area contributed by atoms with E-state index in [0.717, 1.165) is 0 Å². The van der Waals surface area contributed by atoms with Crippen LogP contribution in [0.15, 0.2) is 78.0 Å². The third kappa shape index (κ3) is 6.08. The number of hydrogen-bond donors (Lipinski definition) is 1. The van der Waals surface area contributed by atoms with Crippen LogP contribution in [0.1, 0.15) is 16.4 Å². The summed E-state index contributed by atoms with van der Waals surface area (Å²) in [5.41, 5.74) is 1.07. The number of nitrogens with one attached hydrogen (secondary N) is 1. The van der Waals surface area contributed by atoms with Crippen LogP contribution in [0.5, 0.6) is 0 Å². The summed E-state index contributed by atoms with van der Waals surface area (Å²) in [4.78, 5) is 16.5. The maximum absolute atomic E-state index is 13.2. The monoisotopic (exact) mass is 494 g/mol. The van der Waals surface area contributed by atoms with Gasteiger partial charge in [0.15, 0.2) is 9.84 Å². The second kappa shape index (κ2) is 10.3. The van der Waals surface area contributed by atoms with E-state index in [2.05, 4.69) is 10.3 Å². The highest BCUT2D eigenvalue weighted by Crippen LogP contribution is 2.29. The summed E-state index contributed by atoms with van der Waals surface area (Å²) in [5.74, 6) is -0.466. The molecule has 0 spiro atoms. The second-order valence-corrected chi connectivity index (χ2v) is 9.93. The highest BCUT2D eigenvalue weighted by Gasteiger charge is 2.29. The molecule has 0 aliphatic heterocycles. The molecule has 0 saturated heterocycles. The number of rotatable bonds is 7. The molecular weight excluding hydrogens is 479 g/mol. The molecule has 1 unspecified atom stereocenters. The van der Waals surface area contributed by atoms with Crippen LogP contribution in [-0.4, -0.2) is 25.9 Å². The molecule has 0 radical (unpaired) electrons. The van der Waals surface area contributed by atoms with E-state index in [1.807, 2.05) is 0 Å². The fraction of sp³-hybridized carbons (Fsp3) is 0.0909. The Hall–Kier alpha value is -2.38. The fourth-order valence-corrected chi connectivity index (χ4v) is 5.06. The van der Waals surface area contributed by atoms with Gasteiger partial charge in [0.25, 0.3) is 0 Å². The van der Waals surface area contributed by atoms with E-state index in [0.29, 0.717) is 26.2 Å². The zero-order valence-electron chi connectivity index (χ0n) is 16.0. The van der Waals surface area contributed by atoms with E-state index < -0.39 is 21.0 Å². The average Bonchev–Trinajstić information content (AvgIpc) is 2.74. The Morgan fingerprint density at radius 1 is 1.03 bits per heavy atom. The molecule has 1 heterocycles. The van der Waals surface area contributed by atoms with Crippen LogP contribution in [0.3, 0.4) is 0 Å². The third-order valence-electron chi connectivity index (χ3n) is 4.41. The van der Waals surface area contributed by atoms with Crippen molar-refractivity contribution >= 4 is 56.6 Å². The molecule has 1 N–H and O–H groups in total. The van der Waals surface area contributed by atoms with E-state index >= 15 is 0 Å². The van der Waals surface area contributed by atoms with Gasteiger partial charge in [0, 0.05) is 40.1 Å². The number of halogens is 3. The minimum absolute atomic E-state index is 0.100. The number of benzene rings is 2. The molecule has 31 heavy (non-hydrogen) atoms. The Bertz CT molecular complexity index is 1200. The van der Waals surface area contributed by atoms with Crippen LogP contribution in [-0.2, 0) is 14.6 Å². The molecule has 0 aliphatic carbocycles. The minimum Gasteiger partial charge on any atom is -0.351 e. The van der Waals surface area contributed by atoms with Crippen molar-refractivity contribution in [2.45, 2.75) is 10.1 Å². The smallest absolute Gasteiger partial charge is 0.244 e. The first-order valence-corrected chi connectivity index (χ1v) is 11.8. The van der Waals surface area contributed by atoms with Crippen molar-refractivity contribution in [2.75, 3.05) is 6.54 Å². The topological polar surface area (TPSA) is 76.1 Å². The second-order valence-electron chi connectivity index (χ2n) is 6.52. The van der Waals surface area contributed by atoms with Gasteiger partial charge in [-0.1, -0.05) is 46.9 Å². The van der Waals surface area contributed by atoms with Crippen LogP contribution in [0, 0.1) is 0 Å². The number of carbonyl (C=O) groups excluding carboxylic acids is 1. The van der Waals surface area contributed by atoms with E-state index in [1.54, 1.807) is 36.5 Å². The van der Waals surface area contributed by atoms with Crippen LogP contribution >= 0.6 is 34.8 Å². The van der Waals surface area contributed by atoms with Crippen molar-refractivity contribution in [1.29, 1.82) is 0 Å². The predicted octanol–water partition coefficient (Wildman–Crippen LogP) is 5.39. The van der Waals surface area contributed by atoms with Gasteiger partial charge >= 0.3 is 0 Å². The maximum Gasteiger partial charge on any atom is 0.244 e. The molecule has 0 saturated carbocycles. The van der Waals surface area contributed by atoms with Gasteiger partial charge in [0.05, 0.1) is 4.90 Å². The molecule has 0 bridgehead atoms. The number of carbonyl (C=O) groups is 1. The first-order valence-electron chi connectivity index (χ1n) is 9.08. The number of amides is 1. The normalized spacial score (nSPS) is 12.6. The summed E-state index contributed by atoms with van der Waals surface area (Å²) in [6, 6.07) is 14.1. The number of hydrogen-bond acceptors (Lipinski definition) is 4. The van der Waals surface area contributed by atoms with Crippen molar-refractivity contribution in [3.05, 3.63) is 99.3 Å². The fourth-order valence-electron chi connectivity index (χ4n) is 2.82. The lowest BCUT2D eigenvalue weighted by molar-refractivity contribution is -0.116. The summed E-state index contributed by atoms with van der Waals surface area (Å²) in [5, 5.41) is 2.92. The summed E-state index contributed by atoms with van der Waals surface area (Å²) in [7, 11) is -3.82. The standard InChI is InChI=1S/C22H17Cl3N2O3S/c23-17-6-8-19(9-7-17)31(29,30)21(16-2-1-11-26-13-16)14-27-22(28)10-4-15-3-5-18(24)12-20(15)25/h1-13,21H,14H2,(H,27,28)/b10-4+. The molecule has 9 heteroatoms. The maximum atomic E-state index is 13.2. The highest BCUT2D eigenvalue weighted by molar-refractivity contribution is 7.91. The largest absolute Gasteiger partial charge is 0.351 e. The van der Waals surface area contributed by atoms with Gasteiger partial charge < -0.3 is 5.32 Å². The quantitative estimate of drug-likeness (QED) is 0.446. The van der Waals surface area contributed by atoms with E-state index in [9.17, 15) is 13.2 Å². The van der Waals surface area contributed by atoms with Crippen molar-refractivity contribution in [1.82, 2.24) is 10.3 Å². The lowest BCUT2D eigenvalue weighted by atomic mass is 10.2. The zero-order chi connectivity index (χ0) is 22.4. The summed E-state index contributed by atoms with van der Waals surface area (Å²) in [6.07, 6.45) is 5.82. The molecule has 1 atom stereocenters. The predicted molar refractivity (Wildman–Crippen MR) is 124 cm³/mol. The Labute approximate surface area is 195 Å². The molecule has 0 aliphatic rings. The highest BCUT2D eigenvalue weighted by atomic mass is 35.5. The number of aromatic nitrogens is 1. The molecule has 1 amide bonds. The molecule has 5 nitrogen and oxygen atoms in total. The lowest BCUT2D eigenvalue weighted by Gasteiger charge is -2.18. The Kier molecular flexibility index (Phi) is 7.73. The SMILES string of the molecule is O=C(/C=C/c1ccc(Cl)cc1Cl)NCC(c1cccnc1)S(=O)(=O)c1ccc(Cl)cc1. The van der Waals surface area contributed by atoms with Gasteiger partial charge in [-0.15, -0.1) is 0 Å². The first-order chi connectivity index (χ1) is 14.8. The third-order valence-corrected chi connectivity index (χ3v) is 7.34. The van der Waals surface area contributed by atoms with Gasteiger partial charge in [0.2, 0.25) is 5.91 Å². The lowest BCUT2D eigenvalue weighted by Crippen LogP contribution is -2.31. The number of sulfone groups is 1. The summed E-state index contributed by atoms with van der Waals surface area (Å²) >= 11 is 17.8. The van der Waals surface area contributed by atoms with Crippen LogP contribution < -0.4 is 5.32 Å². The summed E-state index contributed by atoms with van der Waals surface area (Å²) in [6.45, 7) is -0.145. The number of nitrogens with zero attached hydrogens (tertiary/aromatic N) is 1. The first kappa shape index (κ1) is 23.3. The Morgan fingerprint density at radius 2 is 1.74 bits per heavy atom. The summed E-state index contributed by atoms with van der Waals surface area (Å²) < 4.78 is 26.5. The van der Waals surface area contributed by atoms with Gasteiger partial charge in [-0.2, -0.15) is 0 Å². The van der Waals surface area contributed by atoms with E-state index in [-0.39, 0.29) is 11.4 Å². The van der Waals surface area contributed by atoms with Crippen molar-refractivity contribution in [3.8, 4) is 0 Å². The molecular formula is C22H17Cl3N2O3S. The Balaban J connectivity index is 1.80. The molecule has 160 valence electrons. The van der Waals surface area contributed by atoms with E-state index in [1.165, 1.54) is 42.6 Å². The Morgan fingerprint density at radius 3 is 2.39 bits per heavy atom. The van der Waals surface area contributed by atoms with Crippen LogP contribution in [0.25, 0.3) is 6.08 Å². The molecule has 1 aromatic heterocycles. The van der Waals surface area contributed by atoms with Crippen molar-refractivity contribution in [3.63, 3.8) is 0 Å². The van der Waals surface area contributed by atoms with Crippen LogP contribution in [0.4, 0.5) is 0 Å². The van der Waals surface area contributed by atoms with Crippen molar-refractivity contribution < 1.29 is 13.2 Å². The minimum atomic E-state index is -3.82. The molecule has 3 aromatic rings. The zero-order valence-corrected chi connectivity index (χ0v) is 19.1. The van der Waals surface area contributed by atoms with Gasteiger partial charge in [-0.05, 0) is 59.7 Å². The van der Waals surface area contributed by atoms with Gasteiger partial charge in [-0.3, -0.25) is 9.78 Å².